The number of aromatic hydroxyl groups is 1. The van der Waals surface area contributed by atoms with E-state index in [4.69, 9.17) is 14.2 Å². The first-order valence-corrected chi connectivity index (χ1v) is 10.9. The SMILES string of the molecule is COc1ccc(CCC(=O)c2c(O)c3c(c4c2OC(C(C)(C)O)C4)OC(C)(C)C=C3)cc1. The van der Waals surface area contributed by atoms with Crippen LogP contribution in [0.5, 0.6) is 23.0 Å². The molecule has 1 unspecified atom stereocenters. The van der Waals surface area contributed by atoms with Crippen LogP contribution in [0.15, 0.2) is 30.3 Å². The van der Waals surface area contributed by atoms with Gasteiger partial charge in [-0.3, -0.25) is 4.79 Å². The molecule has 0 aliphatic carbocycles. The quantitative estimate of drug-likeness (QED) is 0.647. The van der Waals surface area contributed by atoms with Crippen molar-refractivity contribution in [3.8, 4) is 23.0 Å². The summed E-state index contributed by atoms with van der Waals surface area (Å²) in [5.41, 5.74) is 0.678. The first-order chi connectivity index (χ1) is 15.0. The van der Waals surface area contributed by atoms with Gasteiger partial charge in [0.2, 0.25) is 0 Å². The number of aliphatic hydroxyl groups is 1. The van der Waals surface area contributed by atoms with Gasteiger partial charge in [0.1, 0.15) is 40.3 Å². The molecule has 2 aliphatic rings. The van der Waals surface area contributed by atoms with Crippen LogP contribution in [0.4, 0.5) is 0 Å². The molecular weight excluding hydrogens is 408 g/mol. The van der Waals surface area contributed by atoms with Crippen molar-refractivity contribution in [3.05, 3.63) is 52.6 Å². The lowest BCUT2D eigenvalue weighted by Gasteiger charge is -2.30. The minimum Gasteiger partial charge on any atom is -0.506 e. The summed E-state index contributed by atoms with van der Waals surface area (Å²) in [7, 11) is 1.61. The highest BCUT2D eigenvalue weighted by Gasteiger charge is 2.42. The van der Waals surface area contributed by atoms with E-state index in [1.54, 1.807) is 27.0 Å². The number of benzene rings is 2. The molecule has 2 aromatic carbocycles. The topological polar surface area (TPSA) is 85.2 Å². The number of hydrogen-bond donors (Lipinski definition) is 2. The molecule has 2 aliphatic heterocycles. The number of fused-ring (bicyclic) bond motifs is 3. The molecule has 0 amide bonds. The van der Waals surface area contributed by atoms with Crippen LogP contribution in [0.3, 0.4) is 0 Å². The maximum atomic E-state index is 13.3. The predicted octanol–water partition coefficient (Wildman–Crippen LogP) is 4.47. The zero-order valence-corrected chi connectivity index (χ0v) is 19.2. The molecule has 0 radical (unpaired) electrons. The number of carbonyl (C=O) groups excluding carboxylic acids is 1. The van der Waals surface area contributed by atoms with E-state index in [0.29, 0.717) is 29.9 Å². The summed E-state index contributed by atoms with van der Waals surface area (Å²) >= 11 is 0. The lowest BCUT2D eigenvalue weighted by molar-refractivity contribution is -0.0232. The van der Waals surface area contributed by atoms with E-state index in [0.717, 1.165) is 16.9 Å². The van der Waals surface area contributed by atoms with Gasteiger partial charge in [0.05, 0.1) is 18.3 Å². The van der Waals surface area contributed by atoms with Gasteiger partial charge in [-0.2, -0.15) is 0 Å². The zero-order valence-electron chi connectivity index (χ0n) is 19.2. The van der Waals surface area contributed by atoms with Gasteiger partial charge in [-0.25, -0.2) is 0 Å². The number of aryl methyl sites for hydroxylation is 1. The molecule has 0 aromatic heterocycles. The lowest BCUT2D eigenvalue weighted by Crippen LogP contribution is -2.39. The Kier molecular flexibility index (Phi) is 5.45. The van der Waals surface area contributed by atoms with Crippen LogP contribution in [0.2, 0.25) is 0 Å². The molecule has 32 heavy (non-hydrogen) atoms. The van der Waals surface area contributed by atoms with Gasteiger partial charge in [0.15, 0.2) is 5.78 Å². The van der Waals surface area contributed by atoms with E-state index in [1.807, 2.05) is 44.2 Å². The Labute approximate surface area is 188 Å². The van der Waals surface area contributed by atoms with Crippen molar-refractivity contribution in [2.24, 2.45) is 0 Å². The number of rotatable bonds is 6. The molecule has 4 rings (SSSR count). The maximum absolute atomic E-state index is 13.3. The third-order valence-corrected chi connectivity index (χ3v) is 6.04. The fourth-order valence-corrected chi connectivity index (χ4v) is 4.13. The molecule has 2 aromatic rings. The second-order valence-corrected chi connectivity index (χ2v) is 9.55. The summed E-state index contributed by atoms with van der Waals surface area (Å²) in [6.07, 6.45) is 4.22. The molecular formula is C26H30O6. The summed E-state index contributed by atoms with van der Waals surface area (Å²) in [5.74, 6) is 1.24. The van der Waals surface area contributed by atoms with E-state index in [9.17, 15) is 15.0 Å². The predicted molar refractivity (Wildman–Crippen MR) is 122 cm³/mol. The summed E-state index contributed by atoms with van der Waals surface area (Å²) < 4.78 is 17.4. The Morgan fingerprint density at radius 1 is 1.22 bits per heavy atom. The van der Waals surface area contributed by atoms with E-state index >= 15 is 0 Å². The second-order valence-electron chi connectivity index (χ2n) is 9.55. The van der Waals surface area contributed by atoms with Crippen LogP contribution in [0.1, 0.15) is 61.2 Å². The molecule has 2 heterocycles. The first kappa shape index (κ1) is 22.2. The van der Waals surface area contributed by atoms with Gasteiger partial charge in [-0.05, 0) is 64.0 Å². The Morgan fingerprint density at radius 3 is 2.53 bits per heavy atom. The third-order valence-electron chi connectivity index (χ3n) is 6.04. The van der Waals surface area contributed by atoms with Gasteiger partial charge in [0, 0.05) is 18.4 Å². The van der Waals surface area contributed by atoms with E-state index in [1.165, 1.54) is 0 Å². The number of hydrogen-bond acceptors (Lipinski definition) is 6. The average Bonchev–Trinajstić information content (AvgIpc) is 3.18. The average molecular weight is 439 g/mol. The van der Waals surface area contributed by atoms with Crippen LogP contribution < -0.4 is 14.2 Å². The van der Waals surface area contributed by atoms with E-state index in [-0.39, 0.29) is 23.5 Å². The Morgan fingerprint density at radius 2 is 1.91 bits per heavy atom. The largest absolute Gasteiger partial charge is 0.506 e. The first-order valence-electron chi connectivity index (χ1n) is 10.9. The molecule has 2 N–H and O–H groups in total. The molecule has 0 spiro atoms. The van der Waals surface area contributed by atoms with Gasteiger partial charge in [-0.1, -0.05) is 12.1 Å². The van der Waals surface area contributed by atoms with Crippen molar-refractivity contribution in [2.75, 3.05) is 7.11 Å². The van der Waals surface area contributed by atoms with Crippen molar-refractivity contribution < 1.29 is 29.2 Å². The van der Waals surface area contributed by atoms with Crippen LogP contribution in [0, 0.1) is 0 Å². The van der Waals surface area contributed by atoms with Crippen molar-refractivity contribution >= 4 is 11.9 Å². The van der Waals surface area contributed by atoms with Gasteiger partial charge in [0.25, 0.3) is 0 Å². The number of Topliss-reactive ketones (excluding diaryl/α,β-unsaturated/α-hetero) is 1. The van der Waals surface area contributed by atoms with Gasteiger partial charge >= 0.3 is 0 Å². The van der Waals surface area contributed by atoms with Crippen molar-refractivity contribution in [3.63, 3.8) is 0 Å². The molecule has 170 valence electrons. The highest BCUT2D eigenvalue weighted by atomic mass is 16.5. The highest BCUT2D eigenvalue weighted by molar-refractivity contribution is 6.04. The normalized spacial score (nSPS) is 18.4. The number of phenols is 1. The van der Waals surface area contributed by atoms with Gasteiger partial charge < -0.3 is 24.4 Å². The van der Waals surface area contributed by atoms with E-state index in [2.05, 4.69) is 0 Å². The molecule has 1 atom stereocenters. The third kappa shape index (κ3) is 4.07. The maximum Gasteiger partial charge on any atom is 0.170 e. The van der Waals surface area contributed by atoms with Crippen LogP contribution >= 0.6 is 0 Å². The van der Waals surface area contributed by atoms with Crippen molar-refractivity contribution in [1.29, 1.82) is 0 Å². The lowest BCUT2D eigenvalue weighted by atomic mass is 9.90. The van der Waals surface area contributed by atoms with Crippen molar-refractivity contribution in [1.82, 2.24) is 0 Å². The molecule has 0 saturated heterocycles. The minimum absolute atomic E-state index is 0.137. The Bertz CT molecular complexity index is 1070. The molecule has 0 saturated carbocycles. The number of phenolic OH excluding ortho intramolecular Hbond substituents is 1. The molecule has 6 nitrogen and oxygen atoms in total. The summed E-state index contributed by atoms with van der Waals surface area (Å²) in [6.45, 7) is 7.19. The van der Waals surface area contributed by atoms with Crippen molar-refractivity contribution in [2.45, 2.75) is 64.3 Å². The van der Waals surface area contributed by atoms with E-state index < -0.39 is 17.3 Å². The Balaban J connectivity index is 1.70. The second kappa shape index (κ2) is 7.85. The standard InChI is InChI=1S/C26H30O6/c1-25(2)13-12-17-22(28)21(19(27)11-8-15-6-9-16(30-5)10-7-15)24-18(23(17)32-25)14-20(31-24)26(3,4)29/h6-7,9-10,12-13,20,28-29H,8,11,14H2,1-5H3. The number of ketones is 1. The summed E-state index contributed by atoms with van der Waals surface area (Å²) in [4.78, 5) is 13.3. The fourth-order valence-electron chi connectivity index (χ4n) is 4.13. The van der Waals surface area contributed by atoms with Gasteiger partial charge in [-0.15, -0.1) is 0 Å². The monoisotopic (exact) mass is 438 g/mol. The number of ether oxygens (including phenoxy) is 3. The fraction of sp³-hybridized carbons (Fsp3) is 0.423. The summed E-state index contributed by atoms with van der Waals surface area (Å²) in [5, 5.41) is 21.6. The highest BCUT2D eigenvalue weighted by Crippen LogP contribution is 2.51. The smallest absolute Gasteiger partial charge is 0.170 e. The number of carbonyl (C=O) groups is 1. The van der Waals surface area contributed by atoms with Crippen LogP contribution in [-0.4, -0.2) is 40.4 Å². The molecule has 6 heteroatoms. The Hall–Kier alpha value is -2.99. The zero-order chi connectivity index (χ0) is 23.3. The van der Waals surface area contributed by atoms with Crippen LogP contribution in [0.25, 0.3) is 6.08 Å². The molecule has 0 bridgehead atoms. The molecule has 0 fully saturated rings. The minimum atomic E-state index is -1.12. The number of methoxy groups -OCH3 is 1. The van der Waals surface area contributed by atoms with Crippen LogP contribution in [-0.2, 0) is 12.8 Å². The summed E-state index contributed by atoms with van der Waals surface area (Å²) in [6, 6.07) is 7.55.